The Morgan fingerprint density at radius 3 is 1.19 bits per heavy atom. The molecular weight excluding hydrogens is 705 g/mol. The van der Waals surface area contributed by atoms with Gasteiger partial charge in [-0.1, -0.05) is 95.7 Å². The summed E-state index contributed by atoms with van der Waals surface area (Å²) in [6.07, 6.45) is 25.1. The number of nitrogens with zero attached hydrogens (tertiary/aromatic N) is 2. The molecule has 0 bridgehead atoms. The number of imide groups is 2. The smallest absolute Gasteiger partial charge is 0.238 e. The van der Waals surface area contributed by atoms with E-state index < -0.39 is 0 Å². The second-order valence-electron chi connectivity index (χ2n) is 17.3. The first-order chi connectivity index (χ1) is 27.1. The second kappa shape index (κ2) is 23.2. The minimum atomic E-state index is -0.335. The minimum absolute atomic E-state index is 0.150. The summed E-state index contributed by atoms with van der Waals surface area (Å²) in [4.78, 5) is 56.8. The van der Waals surface area contributed by atoms with E-state index in [0.717, 1.165) is 51.4 Å². The number of benzene rings is 1. The third-order valence-corrected chi connectivity index (χ3v) is 10.9. The van der Waals surface area contributed by atoms with Gasteiger partial charge in [0, 0.05) is 0 Å². The van der Waals surface area contributed by atoms with Crippen LogP contribution in [0.1, 0.15) is 153 Å². The average molecular weight is 777 g/mol. The highest BCUT2D eigenvalue weighted by atomic mass is 16.2. The first kappa shape index (κ1) is 47.1. The van der Waals surface area contributed by atoms with Crippen LogP contribution < -0.4 is 9.80 Å². The fourth-order valence-corrected chi connectivity index (χ4v) is 7.93. The van der Waals surface area contributed by atoms with E-state index in [1.54, 1.807) is 24.3 Å². The number of allylic oxidation sites excluding steroid dienone is 13. The highest BCUT2D eigenvalue weighted by Crippen LogP contribution is 2.43. The van der Waals surface area contributed by atoms with Crippen molar-refractivity contribution in [2.75, 3.05) is 9.80 Å². The minimum Gasteiger partial charge on any atom is -0.274 e. The maximum atomic E-state index is 13.6. The van der Waals surface area contributed by atoms with Gasteiger partial charge in [0.2, 0.25) is 23.6 Å². The molecule has 0 spiro atoms. The highest BCUT2D eigenvalue weighted by Gasteiger charge is 2.50. The van der Waals surface area contributed by atoms with E-state index in [4.69, 9.17) is 0 Å². The summed E-state index contributed by atoms with van der Waals surface area (Å²) in [5.41, 5.74) is 10.1. The van der Waals surface area contributed by atoms with Crippen LogP contribution in [0, 0.1) is 23.7 Å². The third kappa shape index (κ3) is 13.9. The molecule has 57 heavy (non-hydrogen) atoms. The van der Waals surface area contributed by atoms with Crippen LogP contribution in [0.4, 0.5) is 11.4 Å². The number of hydrogen-bond donors (Lipinski definition) is 0. The molecule has 2 saturated heterocycles. The third-order valence-electron chi connectivity index (χ3n) is 10.9. The van der Waals surface area contributed by atoms with E-state index in [2.05, 4.69) is 98.4 Å². The lowest BCUT2D eigenvalue weighted by Crippen LogP contribution is -2.32. The Balaban J connectivity index is 0.00000115. The van der Waals surface area contributed by atoms with Crippen molar-refractivity contribution in [3.05, 3.63) is 106 Å². The molecule has 4 unspecified atom stereocenters. The Morgan fingerprint density at radius 2 is 0.877 bits per heavy atom. The standard InChI is InChI=1S/C44H56N2O4.C4H8.C3H8/c1-29(2)11-7-13-31(5)15-9-17-33-19-25-37-39(27-33)43(49)45(41(37)47)35-21-23-36(24-22-35)46-42(48)38-26-20-34(28-40(38)44(46)50)18-10-16-32(6)14-8-12-30(3)4;1-4(2)3;1-3-2/h11-12,15-16,19-24,37-40H,7-10,13-14,17-18,25-28H2,1-6H3;1H2,2-3H3;3H2,1-2H3/b31-15+,32-16+;;. The molecule has 5 rings (SSSR count). The van der Waals surface area contributed by atoms with Crippen LogP contribution in [0.3, 0.4) is 0 Å². The van der Waals surface area contributed by atoms with Gasteiger partial charge in [0.1, 0.15) is 0 Å². The number of rotatable bonds is 14. The van der Waals surface area contributed by atoms with E-state index in [1.807, 2.05) is 13.8 Å². The number of anilines is 2. The molecule has 0 saturated carbocycles. The first-order valence-corrected chi connectivity index (χ1v) is 21.5. The van der Waals surface area contributed by atoms with Gasteiger partial charge in [-0.25, -0.2) is 0 Å². The van der Waals surface area contributed by atoms with Crippen molar-refractivity contribution in [2.24, 2.45) is 23.7 Å². The average Bonchev–Trinajstić information content (AvgIpc) is 3.54. The van der Waals surface area contributed by atoms with Crippen LogP contribution in [-0.4, -0.2) is 23.6 Å². The van der Waals surface area contributed by atoms with Crippen LogP contribution in [0.5, 0.6) is 0 Å². The lowest BCUT2D eigenvalue weighted by atomic mass is 9.80. The number of fused-ring (bicyclic) bond motifs is 2. The van der Waals surface area contributed by atoms with Gasteiger partial charge in [0.05, 0.1) is 35.0 Å². The number of amides is 4. The maximum Gasteiger partial charge on any atom is 0.238 e. The Morgan fingerprint density at radius 1 is 0.561 bits per heavy atom. The molecule has 6 nitrogen and oxygen atoms in total. The van der Waals surface area contributed by atoms with Crippen molar-refractivity contribution >= 4 is 35.0 Å². The van der Waals surface area contributed by atoms with Gasteiger partial charge in [-0.05, 0) is 157 Å². The maximum absolute atomic E-state index is 13.6. The summed E-state index contributed by atoms with van der Waals surface area (Å²) in [5, 5.41) is 0. The van der Waals surface area contributed by atoms with Crippen LogP contribution in [-0.2, 0) is 19.2 Å². The zero-order chi connectivity index (χ0) is 42.2. The van der Waals surface area contributed by atoms with Crippen LogP contribution in [0.2, 0.25) is 0 Å². The summed E-state index contributed by atoms with van der Waals surface area (Å²) in [6.45, 7) is 24.6. The molecule has 4 amide bonds. The Bertz CT molecular complexity index is 1650. The Kier molecular flexibility index (Phi) is 19.1. The van der Waals surface area contributed by atoms with Crippen molar-refractivity contribution in [3.8, 4) is 0 Å². The molecule has 6 heteroatoms. The Hall–Kier alpha value is -4.32. The van der Waals surface area contributed by atoms with Gasteiger partial charge in [-0.2, -0.15) is 0 Å². The number of hydrogen-bond acceptors (Lipinski definition) is 4. The highest BCUT2D eigenvalue weighted by molar-refractivity contribution is 6.23. The summed E-state index contributed by atoms with van der Waals surface area (Å²) in [7, 11) is 0. The molecule has 310 valence electrons. The normalized spacial score (nSPS) is 21.7. The molecule has 1 aromatic carbocycles. The second-order valence-corrected chi connectivity index (χ2v) is 17.3. The molecule has 0 N–H and O–H groups in total. The quantitative estimate of drug-likeness (QED) is 0.139. The summed E-state index contributed by atoms with van der Waals surface area (Å²) in [5.74, 6) is -1.95. The summed E-state index contributed by atoms with van der Waals surface area (Å²) < 4.78 is 0. The zero-order valence-corrected chi connectivity index (χ0v) is 37.0. The van der Waals surface area contributed by atoms with Gasteiger partial charge in [0.15, 0.2) is 0 Å². The SMILES string of the molecule is C=C(C)C.CC(C)=CCC/C(C)=C/CCC1=CCC2C(=O)N(c3ccc(N4C(=O)C5CC=C(CC/C=C(\C)CCC=C(C)C)CC5C4=O)cc3)C(=O)C2C1.CCC. The van der Waals surface area contributed by atoms with Crippen molar-refractivity contribution in [3.63, 3.8) is 0 Å². The topological polar surface area (TPSA) is 74.8 Å². The van der Waals surface area contributed by atoms with E-state index >= 15 is 0 Å². The largest absolute Gasteiger partial charge is 0.274 e. The monoisotopic (exact) mass is 777 g/mol. The van der Waals surface area contributed by atoms with Crippen molar-refractivity contribution in [1.29, 1.82) is 0 Å². The lowest BCUT2D eigenvalue weighted by molar-refractivity contribution is -0.124. The lowest BCUT2D eigenvalue weighted by Gasteiger charge is -2.21. The number of carbonyl (C=O) groups is 4. The summed E-state index contributed by atoms with van der Waals surface area (Å²) in [6, 6.07) is 6.83. The molecule has 2 fully saturated rings. The fraction of sp³-hybridized carbons (Fsp3) is 0.529. The zero-order valence-electron chi connectivity index (χ0n) is 37.0. The van der Waals surface area contributed by atoms with E-state index in [1.165, 1.54) is 55.2 Å². The van der Waals surface area contributed by atoms with Gasteiger partial charge in [0.25, 0.3) is 0 Å². The van der Waals surface area contributed by atoms with Gasteiger partial charge in [-0.3, -0.25) is 29.0 Å². The molecule has 2 aliphatic heterocycles. The molecule has 0 radical (unpaired) electrons. The van der Waals surface area contributed by atoms with E-state index in [0.29, 0.717) is 37.1 Å². The van der Waals surface area contributed by atoms with E-state index in [9.17, 15) is 19.2 Å². The van der Waals surface area contributed by atoms with Crippen molar-refractivity contribution in [2.45, 2.75) is 153 Å². The summed E-state index contributed by atoms with van der Waals surface area (Å²) >= 11 is 0. The molecule has 4 atom stereocenters. The van der Waals surface area contributed by atoms with Crippen LogP contribution in [0.25, 0.3) is 0 Å². The van der Waals surface area contributed by atoms with Gasteiger partial charge in [-0.15, -0.1) is 6.58 Å². The van der Waals surface area contributed by atoms with Crippen molar-refractivity contribution in [1.82, 2.24) is 0 Å². The molecular formula is C51H72N2O4. The van der Waals surface area contributed by atoms with Gasteiger partial charge < -0.3 is 0 Å². The van der Waals surface area contributed by atoms with E-state index in [-0.39, 0.29) is 47.3 Å². The molecule has 4 aliphatic rings. The predicted octanol–water partition coefficient (Wildman–Crippen LogP) is 13.3. The van der Waals surface area contributed by atoms with Gasteiger partial charge >= 0.3 is 0 Å². The molecule has 2 heterocycles. The molecule has 2 aliphatic carbocycles. The first-order valence-electron chi connectivity index (χ1n) is 21.5. The molecule has 1 aromatic rings. The number of carbonyl (C=O) groups excluding carboxylic acids is 4. The fourth-order valence-electron chi connectivity index (χ4n) is 7.93. The van der Waals surface area contributed by atoms with Crippen LogP contribution >= 0.6 is 0 Å². The predicted molar refractivity (Wildman–Crippen MR) is 240 cm³/mol. The van der Waals surface area contributed by atoms with Crippen LogP contribution in [0.15, 0.2) is 106 Å². The molecule has 0 aromatic heterocycles. The Labute approximate surface area is 345 Å². The van der Waals surface area contributed by atoms with Crippen molar-refractivity contribution < 1.29 is 19.2 Å².